The first-order chi connectivity index (χ1) is 21.3. The van der Waals surface area contributed by atoms with Gasteiger partial charge in [0.2, 0.25) is 5.88 Å². The highest BCUT2D eigenvalue weighted by molar-refractivity contribution is 9.10. The standard InChI is InChI=1S/C27H24B3BrF4N4O5S/c1-2-41-25(40)21(43-23-18-20(31)22(15-7-8-17(32)42-15)45-24(18)37-12-36-23)19(28)13-5-3-4-6-14(13)44-27(29,30)16-9-10-38-39(16)11-26(33,34)35/h3-10,12,19,21H,2,11,28-30H2,1H3/t19-,21+/m1/s1. The van der Waals surface area contributed by atoms with Crippen molar-refractivity contribution in [2.45, 2.75) is 37.0 Å². The van der Waals surface area contributed by atoms with Crippen LogP contribution in [0.2, 0.25) is 0 Å². The zero-order valence-electron chi connectivity index (χ0n) is 24.4. The van der Waals surface area contributed by atoms with Crippen LogP contribution in [-0.4, -0.2) is 68.1 Å². The molecule has 1 aromatic carbocycles. The second-order valence-corrected chi connectivity index (χ2v) is 12.2. The van der Waals surface area contributed by atoms with Crippen LogP contribution in [0.1, 0.15) is 24.0 Å². The summed E-state index contributed by atoms with van der Waals surface area (Å²) in [5.74, 6) is -0.708. The predicted octanol–water partition coefficient (Wildman–Crippen LogP) is 3.75. The molecule has 5 rings (SSSR count). The first-order valence-electron chi connectivity index (χ1n) is 13.7. The third-order valence-corrected chi connectivity index (χ3v) is 9.01. The van der Waals surface area contributed by atoms with Gasteiger partial charge in [0.25, 0.3) is 6.01 Å². The maximum atomic E-state index is 13.6. The van der Waals surface area contributed by atoms with Crippen molar-refractivity contribution in [1.29, 1.82) is 0 Å². The third-order valence-electron chi connectivity index (χ3n) is 6.84. The number of furan rings is 1. The molecule has 18 heteroatoms. The molecule has 4 heterocycles. The number of aromatic nitrogens is 4. The Morgan fingerprint density at radius 1 is 1.16 bits per heavy atom. The molecule has 2 atom stereocenters. The maximum Gasteiger partial charge on any atom is 0.408 e. The fraction of sp³-hybridized carbons (Fsp3) is 0.259. The van der Waals surface area contributed by atoms with E-state index >= 15 is 0 Å². The molecular weight excluding hydrogens is 681 g/mol. The number of fused-ring (bicyclic) bond motifs is 1. The quantitative estimate of drug-likeness (QED) is 0.117. The number of ether oxygens (including phenoxy) is 3. The summed E-state index contributed by atoms with van der Waals surface area (Å²) >= 11 is 4.74. The van der Waals surface area contributed by atoms with E-state index in [1.54, 1.807) is 54.7 Å². The number of halogens is 5. The van der Waals surface area contributed by atoms with Crippen LogP contribution >= 0.6 is 27.3 Å². The number of nitrogens with zero attached hydrogens (tertiary/aromatic N) is 4. The first-order valence-corrected chi connectivity index (χ1v) is 15.3. The van der Waals surface area contributed by atoms with Crippen LogP contribution < -0.4 is 9.47 Å². The second-order valence-electron chi connectivity index (χ2n) is 10.4. The van der Waals surface area contributed by atoms with Crippen LogP contribution in [0.4, 0.5) is 17.6 Å². The van der Waals surface area contributed by atoms with Crippen molar-refractivity contribution in [3.8, 4) is 22.3 Å². The molecule has 0 unspecified atom stereocenters. The largest absolute Gasteiger partial charge is 0.499 e. The molecule has 4 aromatic heterocycles. The summed E-state index contributed by atoms with van der Waals surface area (Å²) in [6.45, 7) is 0.465. The summed E-state index contributed by atoms with van der Waals surface area (Å²) in [5, 5.41) is 3.03. The molecule has 0 saturated heterocycles. The van der Waals surface area contributed by atoms with Crippen molar-refractivity contribution in [2.75, 3.05) is 6.61 Å². The molecule has 0 fully saturated rings. The Bertz CT molecular complexity index is 1830. The van der Waals surface area contributed by atoms with E-state index in [0.717, 1.165) is 4.68 Å². The number of alkyl halides is 3. The number of benzene rings is 1. The summed E-state index contributed by atoms with van der Waals surface area (Å²) in [5.41, 5.74) is 0.741. The van der Waals surface area contributed by atoms with E-state index in [1.807, 2.05) is 0 Å². The van der Waals surface area contributed by atoms with E-state index in [4.69, 9.17) is 18.6 Å². The maximum absolute atomic E-state index is 13.6. The van der Waals surface area contributed by atoms with Crippen molar-refractivity contribution in [3.63, 3.8) is 0 Å². The van der Waals surface area contributed by atoms with Gasteiger partial charge in [0.05, 0.1) is 32.4 Å². The van der Waals surface area contributed by atoms with Gasteiger partial charge in [-0.25, -0.2) is 14.8 Å². The van der Waals surface area contributed by atoms with E-state index < -0.39 is 42.0 Å². The van der Waals surface area contributed by atoms with Gasteiger partial charge >= 0.3 is 12.1 Å². The van der Waals surface area contributed by atoms with Crippen molar-refractivity contribution in [1.82, 2.24) is 19.7 Å². The minimum atomic E-state index is -4.48. The fourth-order valence-corrected chi connectivity index (χ4v) is 6.75. The number of carbonyl (C=O) groups is 1. The average Bonchev–Trinajstić information content (AvgIpc) is 3.70. The van der Waals surface area contributed by atoms with Gasteiger partial charge in [-0.1, -0.05) is 18.2 Å². The molecule has 0 aliphatic heterocycles. The molecule has 0 spiro atoms. The molecule has 0 bridgehead atoms. The Balaban J connectivity index is 1.50. The van der Waals surface area contributed by atoms with Crippen LogP contribution in [0.3, 0.4) is 0 Å². The monoisotopic (exact) mass is 704 g/mol. The van der Waals surface area contributed by atoms with Gasteiger partial charge in [0.15, 0.2) is 21.8 Å². The summed E-state index contributed by atoms with van der Waals surface area (Å²) in [6, 6.07) is 10.2. The zero-order chi connectivity index (χ0) is 32.5. The summed E-state index contributed by atoms with van der Waals surface area (Å²) in [6.07, 6.45) is -3.15. The smallest absolute Gasteiger partial charge is 0.408 e. The first kappa shape index (κ1) is 32.6. The molecule has 0 amide bonds. The van der Waals surface area contributed by atoms with Crippen molar-refractivity contribution in [2.24, 2.45) is 0 Å². The molecule has 9 nitrogen and oxygen atoms in total. The van der Waals surface area contributed by atoms with Gasteiger partial charge in [-0.05, 0) is 46.6 Å². The molecule has 0 aliphatic carbocycles. The van der Waals surface area contributed by atoms with Crippen molar-refractivity contribution in [3.05, 3.63) is 76.7 Å². The van der Waals surface area contributed by atoms with Crippen molar-refractivity contribution < 1.29 is 41.0 Å². The third kappa shape index (κ3) is 7.06. The highest BCUT2D eigenvalue weighted by Gasteiger charge is 2.36. The Labute approximate surface area is 269 Å². The number of para-hydroxylation sites is 1. The number of hydrogen-bond donors (Lipinski definition) is 0. The van der Waals surface area contributed by atoms with Crippen LogP contribution in [0, 0.1) is 6.01 Å². The lowest BCUT2D eigenvalue weighted by molar-refractivity contribution is -0.151. The van der Waals surface area contributed by atoms with E-state index in [0.29, 0.717) is 30.9 Å². The highest BCUT2D eigenvalue weighted by Crippen LogP contribution is 2.45. The summed E-state index contributed by atoms with van der Waals surface area (Å²) < 4.78 is 77.7. The zero-order valence-corrected chi connectivity index (χ0v) is 26.8. The molecule has 0 N–H and O–H groups in total. The lowest BCUT2D eigenvalue weighted by Gasteiger charge is -2.31. The van der Waals surface area contributed by atoms with Gasteiger partial charge < -0.3 is 18.6 Å². The molecule has 45 heavy (non-hydrogen) atoms. The van der Waals surface area contributed by atoms with Crippen LogP contribution in [0.15, 0.2) is 63.9 Å². The molecule has 232 valence electrons. The number of thiophene rings is 1. The molecule has 5 aromatic rings. The number of carbonyl (C=O) groups excluding carboxylic acids is 1. The number of rotatable bonds is 11. The normalized spacial score (nSPS) is 13.5. The minimum Gasteiger partial charge on any atom is -0.499 e. The predicted molar refractivity (Wildman–Crippen MR) is 169 cm³/mol. The second kappa shape index (κ2) is 12.9. The van der Waals surface area contributed by atoms with Gasteiger partial charge in [-0.3, -0.25) is 4.68 Å². The lowest BCUT2D eigenvalue weighted by Crippen LogP contribution is -2.39. The van der Waals surface area contributed by atoms with Crippen LogP contribution in [0.25, 0.3) is 20.9 Å². The Morgan fingerprint density at radius 3 is 2.60 bits per heavy atom. The van der Waals surface area contributed by atoms with E-state index in [2.05, 4.69) is 31.0 Å². The number of esters is 1. The molecule has 0 saturated carbocycles. The van der Waals surface area contributed by atoms with Gasteiger partial charge in [0, 0.05) is 18.1 Å². The SMILES string of the molecule is B[C@H](c1ccccc1OC(B)(B)c1ccnn1CC(F)(F)F)[C@H](Oc1ncnc2sc(-c3ccc(F)o3)c(Br)c12)C(=O)OCC. The topological polar surface area (TPSA) is 102 Å². The van der Waals surface area contributed by atoms with Gasteiger partial charge in [-0.2, -0.15) is 22.7 Å². The minimum absolute atomic E-state index is 0.0705. The van der Waals surface area contributed by atoms with Crippen molar-refractivity contribution >= 4 is 67.0 Å². The average molecular weight is 705 g/mol. The van der Waals surface area contributed by atoms with Crippen LogP contribution in [0.5, 0.6) is 11.6 Å². The lowest BCUT2D eigenvalue weighted by atomic mass is 9.63. The van der Waals surface area contributed by atoms with Gasteiger partial charge in [-0.15, -0.1) is 11.3 Å². The fourth-order valence-electron chi connectivity index (χ4n) is 4.84. The summed E-state index contributed by atoms with van der Waals surface area (Å²) in [7, 11) is 5.00. The highest BCUT2D eigenvalue weighted by atomic mass is 79.9. The Kier molecular flexibility index (Phi) is 9.35. The molecule has 0 aliphatic rings. The van der Waals surface area contributed by atoms with E-state index in [-0.39, 0.29) is 23.9 Å². The number of hydrogen-bond acceptors (Lipinski definition) is 9. The van der Waals surface area contributed by atoms with Gasteiger partial charge in [0.1, 0.15) is 37.1 Å². The summed E-state index contributed by atoms with van der Waals surface area (Å²) in [4.78, 5) is 23.0. The molecular formula is C27H24B3BrF4N4O5S. The Hall–Kier alpha value is -3.79. The van der Waals surface area contributed by atoms with E-state index in [1.165, 1.54) is 42.1 Å². The van der Waals surface area contributed by atoms with Crippen LogP contribution in [-0.2, 0) is 21.5 Å². The Morgan fingerprint density at radius 2 is 1.91 bits per heavy atom. The van der Waals surface area contributed by atoms with E-state index in [9.17, 15) is 22.4 Å². The molecule has 0 radical (unpaired) electrons.